The van der Waals surface area contributed by atoms with Gasteiger partial charge in [-0.1, -0.05) is 15.9 Å². The second kappa shape index (κ2) is 7.18. The lowest BCUT2D eigenvalue weighted by Crippen LogP contribution is -2.09. The van der Waals surface area contributed by atoms with Crippen molar-refractivity contribution in [1.82, 2.24) is 0 Å². The highest BCUT2D eigenvalue weighted by Crippen LogP contribution is 2.34. The molecule has 0 saturated heterocycles. The van der Waals surface area contributed by atoms with Crippen molar-refractivity contribution in [2.24, 2.45) is 0 Å². The molecule has 0 aromatic heterocycles. The maximum Gasteiger partial charge on any atom is 0.124 e. The minimum atomic E-state index is 0.0764. The number of rotatable bonds is 5. The second-order valence-electron chi connectivity index (χ2n) is 4.60. The molecule has 0 heterocycles. The van der Waals surface area contributed by atoms with Gasteiger partial charge in [0.25, 0.3) is 0 Å². The zero-order chi connectivity index (χ0) is 15.4. The van der Waals surface area contributed by atoms with Gasteiger partial charge in [-0.15, -0.1) is 0 Å². The standard InChI is InChI=1S/C16H17Br2NO2/c1-10(19-15-6-4-11(17)8-14(15)18)13-9-12(20-2)5-7-16(13)21-3/h4-10,19H,1-3H3. The normalized spacial score (nSPS) is 11.9. The minimum Gasteiger partial charge on any atom is -0.497 e. The van der Waals surface area contributed by atoms with Crippen LogP contribution in [0.5, 0.6) is 11.5 Å². The molecule has 2 rings (SSSR count). The topological polar surface area (TPSA) is 30.5 Å². The van der Waals surface area contributed by atoms with Crippen LogP contribution in [-0.2, 0) is 0 Å². The smallest absolute Gasteiger partial charge is 0.124 e. The van der Waals surface area contributed by atoms with Gasteiger partial charge in [0.05, 0.1) is 20.3 Å². The van der Waals surface area contributed by atoms with Crippen LogP contribution in [0.3, 0.4) is 0 Å². The monoisotopic (exact) mass is 413 g/mol. The molecule has 2 aromatic carbocycles. The Morgan fingerprint density at radius 1 is 1.00 bits per heavy atom. The number of hydrogen-bond donors (Lipinski definition) is 1. The quantitative estimate of drug-likeness (QED) is 0.710. The van der Waals surface area contributed by atoms with E-state index in [-0.39, 0.29) is 6.04 Å². The van der Waals surface area contributed by atoms with E-state index in [1.165, 1.54) is 0 Å². The predicted molar refractivity (Wildman–Crippen MR) is 93.4 cm³/mol. The number of anilines is 1. The number of methoxy groups -OCH3 is 2. The SMILES string of the molecule is COc1ccc(OC)c(C(C)Nc2ccc(Br)cc2Br)c1. The second-order valence-corrected chi connectivity index (χ2v) is 6.37. The Morgan fingerprint density at radius 3 is 2.38 bits per heavy atom. The number of nitrogens with one attached hydrogen (secondary N) is 1. The van der Waals surface area contributed by atoms with E-state index in [1.54, 1.807) is 14.2 Å². The molecular weight excluding hydrogens is 398 g/mol. The molecule has 5 heteroatoms. The highest BCUT2D eigenvalue weighted by atomic mass is 79.9. The Labute approximate surface area is 141 Å². The molecule has 1 N–H and O–H groups in total. The van der Waals surface area contributed by atoms with Crippen molar-refractivity contribution in [3.05, 3.63) is 50.9 Å². The summed E-state index contributed by atoms with van der Waals surface area (Å²) in [6, 6.07) is 11.9. The Kier molecular flexibility index (Phi) is 5.53. The maximum absolute atomic E-state index is 5.44. The van der Waals surface area contributed by atoms with Crippen molar-refractivity contribution in [1.29, 1.82) is 0 Å². The third-order valence-corrected chi connectivity index (χ3v) is 4.36. The van der Waals surface area contributed by atoms with E-state index in [0.29, 0.717) is 0 Å². The summed E-state index contributed by atoms with van der Waals surface area (Å²) >= 11 is 7.02. The molecule has 1 atom stereocenters. The van der Waals surface area contributed by atoms with Gasteiger partial charge in [0.1, 0.15) is 11.5 Å². The summed E-state index contributed by atoms with van der Waals surface area (Å²) in [5.74, 6) is 1.65. The molecule has 0 bridgehead atoms. The fraction of sp³-hybridized carbons (Fsp3) is 0.250. The zero-order valence-corrected chi connectivity index (χ0v) is 15.3. The highest BCUT2D eigenvalue weighted by Gasteiger charge is 2.14. The van der Waals surface area contributed by atoms with Gasteiger partial charge in [0.15, 0.2) is 0 Å². The lowest BCUT2D eigenvalue weighted by molar-refractivity contribution is 0.397. The van der Waals surface area contributed by atoms with Crippen LogP contribution in [-0.4, -0.2) is 14.2 Å². The highest BCUT2D eigenvalue weighted by molar-refractivity contribution is 9.11. The fourth-order valence-corrected chi connectivity index (χ4v) is 3.26. The Balaban J connectivity index is 2.28. The number of benzene rings is 2. The molecule has 3 nitrogen and oxygen atoms in total. The lowest BCUT2D eigenvalue weighted by atomic mass is 10.1. The summed E-state index contributed by atoms with van der Waals surface area (Å²) in [5.41, 5.74) is 2.07. The largest absolute Gasteiger partial charge is 0.497 e. The average molecular weight is 415 g/mol. The molecule has 0 aliphatic heterocycles. The number of hydrogen-bond acceptors (Lipinski definition) is 3. The van der Waals surface area contributed by atoms with Crippen LogP contribution in [0.2, 0.25) is 0 Å². The summed E-state index contributed by atoms with van der Waals surface area (Å²) in [6.07, 6.45) is 0. The maximum atomic E-state index is 5.44. The fourth-order valence-electron chi connectivity index (χ4n) is 2.10. The van der Waals surface area contributed by atoms with E-state index in [1.807, 2.05) is 36.4 Å². The number of ether oxygens (including phenoxy) is 2. The first-order valence-corrected chi connectivity index (χ1v) is 8.07. The van der Waals surface area contributed by atoms with Crippen LogP contribution in [0.25, 0.3) is 0 Å². The van der Waals surface area contributed by atoms with Crippen molar-refractivity contribution in [3.63, 3.8) is 0 Å². The summed E-state index contributed by atoms with van der Waals surface area (Å²) in [5, 5.41) is 3.48. The average Bonchev–Trinajstić information content (AvgIpc) is 2.49. The van der Waals surface area contributed by atoms with E-state index >= 15 is 0 Å². The van der Waals surface area contributed by atoms with Crippen molar-refractivity contribution in [2.75, 3.05) is 19.5 Å². The molecule has 0 saturated carbocycles. The molecule has 0 fully saturated rings. The van der Waals surface area contributed by atoms with E-state index in [0.717, 1.165) is 31.7 Å². The van der Waals surface area contributed by atoms with Crippen LogP contribution in [0.4, 0.5) is 5.69 Å². The van der Waals surface area contributed by atoms with Crippen molar-refractivity contribution < 1.29 is 9.47 Å². The zero-order valence-electron chi connectivity index (χ0n) is 12.1. The van der Waals surface area contributed by atoms with Crippen LogP contribution >= 0.6 is 31.9 Å². The first-order valence-electron chi connectivity index (χ1n) is 6.48. The van der Waals surface area contributed by atoms with Crippen LogP contribution in [0.1, 0.15) is 18.5 Å². The first kappa shape index (κ1) is 16.2. The van der Waals surface area contributed by atoms with Gasteiger partial charge in [0.2, 0.25) is 0 Å². The minimum absolute atomic E-state index is 0.0764. The van der Waals surface area contributed by atoms with E-state index in [2.05, 4.69) is 44.1 Å². The molecule has 0 amide bonds. The number of halogens is 2. The lowest BCUT2D eigenvalue weighted by Gasteiger charge is -2.20. The first-order chi connectivity index (χ1) is 10.0. The van der Waals surface area contributed by atoms with Gasteiger partial charge in [-0.2, -0.15) is 0 Å². The molecule has 0 spiro atoms. The third kappa shape index (κ3) is 3.92. The van der Waals surface area contributed by atoms with Gasteiger partial charge in [-0.05, 0) is 59.3 Å². The summed E-state index contributed by atoms with van der Waals surface area (Å²) in [6.45, 7) is 2.09. The Morgan fingerprint density at radius 2 is 1.76 bits per heavy atom. The van der Waals surface area contributed by atoms with Gasteiger partial charge in [-0.25, -0.2) is 0 Å². The van der Waals surface area contributed by atoms with Gasteiger partial charge in [0, 0.05) is 20.2 Å². The molecule has 1 unspecified atom stereocenters. The van der Waals surface area contributed by atoms with Gasteiger partial charge < -0.3 is 14.8 Å². The molecule has 0 aliphatic rings. The van der Waals surface area contributed by atoms with Crippen molar-refractivity contribution >= 4 is 37.5 Å². The van der Waals surface area contributed by atoms with Crippen molar-refractivity contribution in [3.8, 4) is 11.5 Å². The summed E-state index contributed by atoms with van der Waals surface area (Å²) < 4.78 is 12.8. The van der Waals surface area contributed by atoms with Crippen LogP contribution in [0.15, 0.2) is 45.3 Å². The van der Waals surface area contributed by atoms with E-state index in [4.69, 9.17) is 9.47 Å². The van der Waals surface area contributed by atoms with E-state index in [9.17, 15) is 0 Å². The molecule has 21 heavy (non-hydrogen) atoms. The third-order valence-electron chi connectivity index (χ3n) is 3.21. The molecular formula is C16H17Br2NO2. The van der Waals surface area contributed by atoms with E-state index < -0.39 is 0 Å². The Bertz CT molecular complexity index is 632. The van der Waals surface area contributed by atoms with Crippen LogP contribution < -0.4 is 14.8 Å². The predicted octanol–water partition coefficient (Wildman–Crippen LogP) is 5.40. The summed E-state index contributed by atoms with van der Waals surface area (Å²) in [4.78, 5) is 0. The molecule has 0 radical (unpaired) electrons. The van der Waals surface area contributed by atoms with Gasteiger partial charge in [-0.3, -0.25) is 0 Å². The Hall–Kier alpha value is -1.20. The van der Waals surface area contributed by atoms with Gasteiger partial charge >= 0.3 is 0 Å². The molecule has 112 valence electrons. The van der Waals surface area contributed by atoms with Crippen LogP contribution in [0, 0.1) is 0 Å². The molecule has 2 aromatic rings. The van der Waals surface area contributed by atoms with Crippen molar-refractivity contribution in [2.45, 2.75) is 13.0 Å². The summed E-state index contributed by atoms with van der Waals surface area (Å²) in [7, 11) is 3.34. The molecule has 0 aliphatic carbocycles.